The number of aromatic amines is 1. The Morgan fingerprint density at radius 3 is 3.10 bits per heavy atom. The van der Waals surface area contributed by atoms with Gasteiger partial charge in [-0.15, -0.1) is 11.3 Å². The summed E-state index contributed by atoms with van der Waals surface area (Å²) in [6, 6.07) is 3.39. The zero-order chi connectivity index (χ0) is 14.4. The number of carbonyl (C=O) groups is 1. The normalized spacial score (nSPS) is 17.6. The number of amides is 1. The average molecular weight is 301 g/mol. The molecule has 0 spiro atoms. The molecule has 0 saturated heterocycles. The molecule has 1 N–H and O–H groups in total. The molecule has 0 unspecified atom stereocenters. The minimum absolute atomic E-state index is 0.139. The molecule has 1 aliphatic heterocycles. The summed E-state index contributed by atoms with van der Waals surface area (Å²) in [5, 5.41) is 2.06. The summed E-state index contributed by atoms with van der Waals surface area (Å²) < 4.78 is 0. The number of fused-ring (bicyclic) bond motifs is 1. The molecule has 108 valence electrons. The number of thiophene rings is 1. The van der Waals surface area contributed by atoms with Crippen LogP contribution in [-0.2, 0) is 13.0 Å². The van der Waals surface area contributed by atoms with Crippen molar-refractivity contribution in [3.05, 3.63) is 49.8 Å². The minimum atomic E-state index is -0.233. The van der Waals surface area contributed by atoms with Crippen molar-refractivity contribution < 1.29 is 4.79 Å². The minimum Gasteiger partial charge on any atom is -0.333 e. The summed E-state index contributed by atoms with van der Waals surface area (Å²) in [4.78, 5) is 34.6. The number of hydrogen-bond acceptors (Lipinski definition) is 4. The first-order valence-corrected chi connectivity index (χ1v) is 8.04. The van der Waals surface area contributed by atoms with Crippen molar-refractivity contribution in [3.8, 4) is 0 Å². The number of carbonyl (C=O) groups excluding carboxylic acids is 1. The van der Waals surface area contributed by atoms with Gasteiger partial charge in [0.15, 0.2) is 0 Å². The Kier molecular flexibility index (Phi) is 2.92. The zero-order valence-electron chi connectivity index (χ0n) is 11.5. The van der Waals surface area contributed by atoms with Crippen molar-refractivity contribution in [2.45, 2.75) is 31.7 Å². The lowest BCUT2D eigenvalue weighted by Gasteiger charge is -2.26. The number of hydrogen-bond donors (Lipinski definition) is 1. The second-order valence-electron chi connectivity index (χ2n) is 5.64. The molecule has 21 heavy (non-hydrogen) atoms. The third kappa shape index (κ3) is 2.40. The largest absolute Gasteiger partial charge is 0.333 e. The molecule has 0 bridgehead atoms. The zero-order valence-corrected chi connectivity index (χ0v) is 12.3. The van der Waals surface area contributed by atoms with Gasteiger partial charge in [0.05, 0.1) is 0 Å². The molecule has 0 atom stereocenters. The summed E-state index contributed by atoms with van der Waals surface area (Å²) in [7, 11) is 0. The number of aromatic nitrogens is 2. The van der Waals surface area contributed by atoms with E-state index < -0.39 is 0 Å². The topological polar surface area (TPSA) is 66.1 Å². The number of rotatable bonds is 2. The van der Waals surface area contributed by atoms with Crippen LogP contribution < -0.4 is 5.56 Å². The van der Waals surface area contributed by atoms with Crippen LogP contribution in [0.5, 0.6) is 0 Å². The van der Waals surface area contributed by atoms with E-state index in [2.05, 4.69) is 21.4 Å². The van der Waals surface area contributed by atoms with Gasteiger partial charge in [-0.2, -0.15) is 0 Å². The SMILES string of the molecule is O=C(c1cc(=O)[nH]c(C2CC2)n1)N1CCc2sccc2C1. The van der Waals surface area contributed by atoms with Gasteiger partial charge in [-0.05, 0) is 36.3 Å². The number of nitrogens with zero attached hydrogens (tertiary/aromatic N) is 2. The number of H-pyrrole nitrogens is 1. The summed E-state index contributed by atoms with van der Waals surface area (Å²) >= 11 is 1.74. The van der Waals surface area contributed by atoms with Crippen LogP contribution in [0.4, 0.5) is 0 Å². The highest BCUT2D eigenvalue weighted by molar-refractivity contribution is 7.10. The maximum Gasteiger partial charge on any atom is 0.273 e. The predicted octanol–water partition coefficient (Wildman–Crippen LogP) is 1.91. The highest BCUT2D eigenvalue weighted by atomic mass is 32.1. The van der Waals surface area contributed by atoms with Gasteiger partial charge in [0.25, 0.3) is 11.5 Å². The molecular weight excluding hydrogens is 286 g/mol. The second kappa shape index (κ2) is 4.80. The Bertz CT molecular complexity index is 760. The van der Waals surface area contributed by atoms with Crippen LogP contribution in [-0.4, -0.2) is 27.3 Å². The van der Waals surface area contributed by atoms with E-state index in [4.69, 9.17) is 0 Å². The fourth-order valence-electron chi connectivity index (χ4n) is 2.72. The van der Waals surface area contributed by atoms with Gasteiger partial charge in [-0.1, -0.05) is 0 Å². The lowest BCUT2D eigenvalue weighted by atomic mass is 10.1. The highest BCUT2D eigenvalue weighted by Crippen LogP contribution is 2.37. The standard InChI is InChI=1S/C15H15N3O2S/c19-13-7-11(16-14(17-13)9-1-2-9)15(20)18-5-3-12-10(8-18)4-6-21-12/h4,6-7,9H,1-3,5,8H2,(H,16,17,19). The van der Waals surface area contributed by atoms with Crippen molar-refractivity contribution in [2.24, 2.45) is 0 Å². The van der Waals surface area contributed by atoms with E-state index in [0.29, 0.717) is 24.8 Å². The van der Waals surface area contributed by atoms with E-state index in [0.717, 1.165) is 19.3 Å². The first-order chi connectivity index (χ1) is 10.2. The lowest BCUT2D eigenvalue weighted by Crippen LogP contribution is -2.36. The molecule has 0 radical (unpaired) electrons. The van der Waals surface area contributed by atoms with E-state index in [1.165, 1.54) is 16.5 Å². The molecular formula is C15H15N3O2S. The van der Waals surface area contributed by atoms with Gasteiger partial charge in [-0.3, -0.25) is 9.59 Å². The van der Waals surface area contributed by atoms with Crippen LogP contribution in [0, 0.1) is 0 Å². The molecule has 4 rings (SSSR count). The molecule has 1 fully saturated rings. The van der Waals surface area contributed by atoms with Gasteiger partial charge < -0.3 is 9.88 Å². The molecule has 0 aromatic carbocycles. The quantitative estimate of drug-likeness (QED) is 0.921. The van der Waals surface area contributed by atoms with Crippen LogP contribution in [0.15, 0.2) is 22.3 Å². The monoisotopic (exact) mass is 301 g/mol. The molecule has 3 heterocycles. The van der Waals surface area contributed by atoms with Crippen molar-refractivity contribution in [3.63, 3.8) is 0 Å². The van der Waals surface area contributed by atoms with Crippen LogP contribution >= 0.6 is 11.3 Å². The lowest BCUT2D eigenvalue weighted by molar-refractivity contribution is 0.0729. The van der Waals surface area contributed by atoms with Crippen molar-refractivity contribution >= 4 is 17.2 Å². The summed E-state index contributed by atoms with van der Waals surface area (Å²) in [6.07, 6.45) is 2.97. The van der Waals surface area contributed by atoms with Crippen molar-refractivity contribution in [1.29, 1.82) is 0 Å². The third-order valence-electron chi connectivity index (χ3n) is 4.04. The first-order valence-electron chi connectivity index (χ1n) is 7.16. The third-order valence-corrected chi connectivity index (χ3v) is 5.06. The second-order valence-corrected chi connectivity index (χ2v) is 6.64. The highest BCUT2D eigenvalue weighted by Gasteiger charge is 2.29. The van der Waals surface area contributed by atoms with E-state index in [9.17, 15) is 9.59 Å². The Morgan fingerprint density at radius 1 is 1.43 bits per heavy atom. The van der Waals surface area contributed by atoms with Crippen LogP contribution in [0.25, 0.3) is 0 Å². The Morgan fingerprint density at radius 2 is 2.29 bits per heavy atom. The van der Waals surface area contributed by atoms with Gasteiger partial charge in [0.1, 0.15) is 11.5 Å². The van der Waals surface area contributed by atoms with E-state index in [1.54, 1.807) is 16.2 Å². The molecule has 2 aliphatic rings. The maximum absolute atomic E-state index is 12.6. The molecule has 2 aromatic heterocycles. The Hall–Kier alpha value is -1.95. The molecule has 6 heteroatoms. The van der Waals surface area contributed by atoms with Gasteiger partial charge in [0, 0.05) is 30.0 Å². The average Bonchev–Trinajstić information content (AvgIpc) is 3.23. The molecule has 5 nitrogen and oxygen atoms in total. The smallest absolute Gasteiger partial charge is 0.273 e. The summed E-state index contributed by atoms with van der Waals surface area (Å²) in [6.45, 7) is 1.31. The predicted molar refractivity (Wildman–Crippen MR) is 79.6 cm³/mol. The Balaban J connectivity index is 1.62. The molecule has 1 saturated carbocycles. The van der Waals surface area contributed by atoms with E-state index in [-0.39, 0.29) is 17.2 Å². The fourth-order valence-corrected chi connectivity index (χ4v) is 3.61. The Labute approximate surface area is 125 Å². The van der Waals surface area contributed by atoms with Gasteiger partial charge in [0.2, 0.25) is 0 Å². The maximum atomic E-state index is 12.6. The fraction of sp³-hybridized carbons (Fsp3) is 0.400. The van der Waals surface area contributed by atoms with Gasteiger partial charge in [-0.25, -0.2) is 4.98 Å². The van der Waals surface area contributed by atoms with Crippen LogP contribution in [0.1, 0.15) is 45.5 Å². The van der Waals surface area contributed by atoms with E-state index >= 15 is 0 Å². The van der Waals surface area contributed by atoms with Crippen molar-refractivity contribution in [1.82, 2.24) is 14.9 Å². The summed E-state index contributed by atoms with van der Waals surface area (Å²) in [5.41, 5.74) is 1.26. The number of nitrogens with one attached hydrogen (secondary N) is 1. The van der Waals surface area contributed by atoms with E-state index in [1.807, 2.05) is 0 Å². The molecule has 2 aromatic rings. The molecule has 1 amide bonds. The van der Waals surface area contributed by atoms with Crippen LogP contribution in [0.2, 0.25) is 0 Å². The summed E-state index contributed by atoms with van der Waals surface area (Å²) in [5.74, 6) is 0.856. The van der Waals surface area contributed by atoms with Gasteiger partial charge >= 0.3 is 0 Å². The van der Waals surface area contributed by atoms with Crippen molar-refractivity contribution in [2.75, 3.05) is 6.54 Å². The molecule has 1 aliphatic carbocycles. The van der Waals surface area contributed by atoms with Crippen LogP contribution in [0.3, 0.4) is 0 Å². The first kappa shape index (κ1) is 12.8.